The van der Waals surface area contributed by atoms with E-state index in [0.717, 1.165) is 23.6 Å². The van der Waals surface area contributed by atoms with Crippen LogP contribution in [0.3, 0.4) is 0 Å². The highest BCUT2D eigenvalue weighted by molar-refractivity contribution is 6.35. The van der Waals surface area contributed by atoms with E-state index < -0.39 is 0 Å². The third-order valence-corrected chi connectivity index (χ3v) is 3.73. The van der Waals surface area contributed by atoms with E-state index in [1.54, 1.807) is 6.07 Å². The summed E-state index contributed by atoms with van der Waals surface area (Å²) < 4.78 is 1.97. The Hall–Kier alpha value is -1.06. The van der Waals surface area contributed by atoms with Crippen LogP contribution in [0.1, 0.15) is 51.9 Å². The monoisotopic (exact) mass is 311 g/mol. The Balaban J connectivity index is 2.58. The molecule has 0 radical (unpaired) electrons. The summed E-state index contributed by atoms with van der Waals surface area (Å²) in [5, 5.41) is 5.85. The smallest absolute Gasteiger partial charge is 0.158 e. The standard InChI is InChI=1S/C15H19Cl2N3/c1-5-10(4)20-15(18-14(19-20)9(2)3)11-6-12(16)8-13(17)7-11/h6-10H,5H2,1-4H3. The fraction of sp³-hybridized carbons (Fsp3) is 0.467. The molecule has 0 fully saturated rings. The van der Waals surface area contributed by atoms with Crippen molar-refractivity contribution in [2.45, 2.75) is 46.1 Å². The van der Waals surface area contributed by atoms with Crippen LogP contribution in [0.4, 0.5) is 0 Å². The summed E-state index contributed by atoms with van der Waals surface area (Å²) in [5.41, 5.74) is 0.905. The van der Waals surface area contributed by atoms with Crippen LogP contribution in [0.25, 0.3) is 11.4 Å². The third kappa shape index (κ3) is 3.15. The van der Waals surface area contributed by atoms with Crippen LogP contribution >= 0.6 is 23.2 Å². The Bertz CT molecular complexity index is 585. The summed E-state index contributed by atoms with van der Waals surface area (Å²) in [6, 6.07) is 5.75. The first-order valence-electron chi connectivity index (χ1n) is 6.85. The highest BCUT2D eigenvalue weighted by Gasteiger charge is 2.18. The maximum absolute atomic E-state index is 6.09. The van der Waals surface area contributed by atoms with Gasteiger partial charge in [0.15, 0.2) is 11.6 Å². The molecule has 0 saturated heterocycles. The molecular formula is C15H19Cl2N3. The van der Waals surface area contributed by atoms with E-state index in [-0.39, 0.29) is 12.0 Å². The van der Waals surface area contributed by atoms with Crippen molar-refractivity contribution < 1.29 is 0 Å². The highest BCUT2D eigenvalue weighted by Crippen LogP contribution is 2.29. The van der Waals surface area contributed by atoms with E-state index in [4.69, 9.17) is 23.2 Å². The van der Waals surface area contributed by atoms with E-state index in [2.05, 4.69) is 37.8 Å². The number of nitrogens with zero attached hydrogens (tertiary/aromatic N) is 3. The molecule has 0 aliphatic rings. The molecule has 1 aromatic heterocycles. The number of halogens is 2. The lowest BCUT2D eigenvalue weighted by atomic mass is 10.2. The topological polar surface area (TPSA) is 30.7 Å². The molecule has 0 N–H and O–H groups in total. The second-order valence-electron chi connectivity index (χ2n) is 5.31. The summed E-state index contributed by atoms with van der Waals surface area (Å²) in [6.07, 6.45) is 0.988. The lowest BCUT2D eigenvalue weighted by Gasteiger charge is -2.12. The Morgan fingerprint density at radius 3 is 2.20 bits per heavy atom. The summed E-state index contributed by atoms with van der Waals surface area (Å²) in [5.74, 6) is 1.96. The summed E-state index contributed by atoms with van der Waals surface area (Å²) in [6.45, 7) is 8.45. The fourth-order valence-corrected chi connectivity index (χ4v) is 2.47. The Morgan fingerprint density at radius 2 is 1.70 bits per heavy atom. The van der Waals surface area contributed by atoms with Crippen LogP contribution in [0, 0.1) is 0 Å². The van der Waals surface area contributed by atoms with Crippen molar-refractivity contribution >= 4 is 23.2 Å². The molecular weight excluding hydrogens is 293 g/mol. The molecule has 0 aliphatic heterocycles. The number of hydrogen-bond donors (Lipinski definition) is 0. The number of aromatic nitrogens is 3. The Labute approximate surface area is 129 Å². The zero-order valence-electron chi connectivity index (χ0n) is 12.2. The average Bonchev–Trinajstić information content (AvgIpc) is 2.81. The lowest BCUT2D eigenvalue weighted by Crippen LogP contribution is -2.08. The number of hydrogen-bond acceptors (Lipinski definition) is 2. The zero-order chi connectivity index (χ0) is 14.9. The first-order chi connectivity index (χ1) is 9.42. The molecule has 2 rings (SSSR count). The van der Waals surface area contributed by atoms with Crippen molar-refractivity contribution in [2.75, 3.05) is 0 Å². The van der Waals surface area contributed by atoms with Crippen LogP contribution in [0.2, 0.25) is 10.0 Å². The van der Waals surface area contributed by atoms with E-state index in [1.165, 1.54) is 0 Å². The first kappa shape index (κ1) is 15.3. The Kier molecular flexibility index (Phi) is 4.71. The zero-order valence-corrected chi connectivity index (χ0v) is 13.7. The molecule has 0 saturated carbocycles. The largest absolute Gasteiger partial charge is 0.243 e. The van der Waals surface area contributed by atoms with Crippen LogP contribution in [0.15, 0.2) is 18.2 Å². The molecule has 0 amide bonds. The molecule has 108 valence electrons. The second-order valence-corrected chi connectivity index (χ2v) is 6.18. The highest BCUT2D eigenvalue weighted by atomic mass is 35.5. The van der Waals surface area contributed by atoms with Gasteiger partial charge in [-0.05, 0) is 31.5 Å². The van der Waals surface area contributed by atoms with Gasteiger partial charge in [0.25, 0.3) is 0 Å². The minimum atomic E-state index is 0.280. The van der Waals surface area contributed by atoms with Gasteiger partial charge in [0.1, 0.15) is 0 Å². The summed E-state index contributed by atoms with van der Waals surface area (Å²) in [7, 11) is 0. The molecule has 1 aromatic carbocycles. The van der Waals surface area contributed by atoms with E-state index >= 15 is 0 Å². The van der Waals surface area contributed by atoms with Crippen molar-refractivity contribution in [3.63, 3.8) is 0 Å². The molecule has 1 atom stereocenters. The molecule has 1 unspecified atom stereocenters. The molecule has 2 aromatic rings. The predicted molar refractivity (Wildman–Crippen MR) is 84.6 cm³/mol. The van der Waals surface area contributed by atoms with Gasteiger partial charge in [-0.25, -0.2) is 9.67 Å². The van der Waals surface area contributed by atoms with Crippen molar-refractivity contribution in [3.05, 3.63) is 34.1 Å². The van der Waals surface area contributed by atoms with Gasteiger partial charge in [0, 0.05) is 21.5 Å². The molecule has 0 bridgehead atoms. The van der Waals surface area contributed by atoms with Gasteiger partial charge in [-0.1, -0.05) is 44.0 Å². The van der Waals surface area contributed by atoms with Crippen molar-refractivity contribution in [3.8, 4) is 11.4 Å². The number of rotatable bonds is 4. The van der Waals surface area contributed by atoms with Gasteiger partial charge in [-0.2, -0.15) is 5.10 Å². The minimum Gasteiger partial charge on any atom is -0.243 e. The maximum Gasteiger partial charge on any atom is 0.158 e. The SMILES string of the molecule is CCC(C)n1nc(C(C)C)nc1-c1cc(Cl)cc(Cl)c1. The second kappa shape index (κ2) is 6.15. The maximum atomic E-state index is 6.09. The first-order valence-corrected chi connectivity index (χ1v) is 7.60. The van der Waals surface area contributed by atoms with Crippen molar-refractivity contribution in [2.24, 2.45) is 0 Å². The van der Waals surface area contributed by atoms with Crippen LogP contribution in [0.5, 0.6) is 0 Å². The van der Waals surface area contributed by atoms with Crippen molar-refractivity contribution in [1.82, 2.24) is 14.8 Å². The lowest BCUT2D eigenvalue weighted by molar-refractivity contribution is 0.476. The third-order valence-electron chi connectivity index (χ3n) is 3.29. The van der Waals surface area contributed by atoms with Gasteiger partial charge >= 0.3 is 0 Å². The van der Waals surface area contributed by atoms with Gasteiger partial charge in [0.05, 0.1) is 6.04 Å². The minimum absolute atomic E-state index is 0.280. The van der Waals surface area contributed by atoms with E-state index in [1.807, 2.05) is 16.8 Å². The molecule has 3 nitrogen and oxygen atoms in total. The quantitative estimate of drug-likeness (QED) is 0.762. The molecule has 1 heterocycles. The van der Waals surface area contributed by atoms with Crippen LogP contribution in [-0.4, -0.2) is 14.8 Å². The predicted octanol–water partition coefficient (Wildman–Crippen LogP) is 5.35. The van der Waals surface area contributed by atoms with Crippen LogP contribution in [-0.2, 0) is 0 Å². The van der Waals surface area contributed by atoms with E-state index in [0.29, 0.717) is 10.0 Å². The van der Waals surface area contributed by atoms with Gasteiger partial charge < -0.3 is 0 Å². The Morgan fingerprint density at radius 1 is 1.10 bits per heavy atom. The van der Waals surface area contributed by atoms with Gasteiger partial charge in [0.2, 0.25) is 0 Å². The fourth-order valence-electron chi connectivity index (χ4n) is 1.94. The molecule has 20 heavy (non-hydrogen) atoms. The van der Waals surface area contributed by atoms with Crippen molar-refractivity contribution in [1.29, 1.82) is 0 Å². The molecule has 0 aliphatic carbocycles. The van der Waals surface area contributed by atoms with Gasteiger partial charge in [-0.3, -0.25) is 0 Å². The van der Waals surface area contributed by atoms with E-state index in [9.17, 15) is 0 Å². The number of benzene rings is 1. The molecule has 0 spiro atoms. The van der Waals surface area contributed by atoms with Gasteiger partial charge in [-0.15, -0.1) is 0 Å². The van der Waals surface area contributed by atoms with Crippen LogP contribution < -0.4 is 0 Å². The normalized spacial score (nSPS) is 12.9. The average molecular weight is 312 g/mol. The molecule has 5 heteroatoms. The summed E-state index contributed by atoms with van der Waals surface area (Å²) in [4.78, 5) is 4.67. The summed E-state index contributed by atoms with van der Waals surface area (Å²) >= 11 is 12.2.